The van der Waals surface area contributed by atoms with E-state index in [2.05, 4.69) is 4.98 Å². The fourth-order valence-corrected chi connectivity index (χ4v) is 3.96. The fraction of sp³-hybridized carbons (Fsp3) is 0.333. The van der Waals surface area contributed by atoms with Gasteiger partial charge in [-0.25, -0.2) is 4.98 Å². The largest absolute Gasteiger partial charge is 0.459 e. The van der Waals surface area contributed by atoms with E-state index in [0.29, 0.717) is 12.3 Å². The number of amides is 1. The molecule has 7 heteroatoms. The number of nitrogens with one attached hydrogen (secondary N) is 1. The number of carbonyl (C=O) groups excluding carboxylic acids is 1. The second kappa shape index (κ2) is 7.35. The van der Waals surface area contributed by atoms with Gasteiger partial charge in [-0.3, -0.25) is 9.69 Å². The number of rotatable bonds is 5. The number of ether oxygens (including phenoxy) is 1. The van der Waals surface area contributed by atoms with Crippen LogP contribution in [0.2, 0.25) is 0 Å². The van der Waals surface area contributed by atoms with E-state index >= 15 is 0 Å². The first kappa shape index (κ1) is 16.3. The van der Waals surface area contributed by atoms with Crippen LogP contribution in [-0.2, 0) is 4.74 Å². The van der Waals surface area contributed by atoms with E-state index in [1.165, 1.54) is 22.5 Å². The van der Waals surface area contributed by atoms with Gasteiger partial charge < -0.3 is 14.1 Å². The summed E-state index contributed by atoms with van der Waals surface area (Å²) in [6, 6.07) is 11.4. The highest BCUT2D eigenvalue weighted by Crippen LogP contribution is 2.29. The zero-order valence-corrected chi connectivity index (χ0v) is 14.6. The molecule has 130 valence electrons. The van der Waals surface area contributed by atoms with Gasteiger partial charge in [0.15, 0.2) is 10.9 Å². The molecule has 0 atom stereocenters. The smallest absolute Gasteiger partial charge is 0.295 e. The molecule has 0 bridgehead atoms. The zero-order valence-electron chi connectivity index (χ0n) is 13.8. The fourth-order valence-electron chi connectivity index (χ4n) is 2.97. The first-order valence-corrected chi connectivity index (χ1v) is 9.25. The molecule has 1 aliphatic heterocycles. The number of aromatic nitrogens is 1. The number of hydrogen-bond donors (Lipinski definition) is 1. The number of quaternary nitrogens is 1. The van der Waals surface area contributed by atoms with Gasteiger partial charge in [0, 0.05) is 0 Å². The maximum atomic E-state index is 12.9. The number of anilines is 1. The van der Waals surface area contributed by atoms with Crippen molar-refractivity contribution in [3.05, 3.63) is 48.4 Å². The first-order valence-electron chi connectivity index (χ1n) is 8.43. The summed E-state index contributed by atoms with van der Waals surface area (Å²) in [5.74, 6) is 0.202. The Morgan fingerprint density at radius 1 is 1.20 bits per heavy atom. The van der Waals surface area contributed by atoms with Crippen LogP contribution in [0.1, 0.15) is 10.6 Å². The summed E-state index contributed by atoms with van der Waals surface area (Å²) >= 11 is 1.54. The molecule has 3 heterocycles. The number of fused-ring (bicyclic) bond motifs is 1. The first-order chi connectivity index (χ1) is 12.3. The van der Waals surface area contributed by atoms with Crippen molar-refractivity contribution in [2.24, 2.45) is 0 Å². The van der Waals surface area contributed by atoms with Crippen molar-refractivity contribution >= 4 is 32.6 Å². The van der Waals surface area contributed by atoms with Crippen LogP contribution in [0.5, 0.6) is 0 Å². The SMILES string of the molecule is O=C(c1ccco1)N(CC[NH+]1CCOCC1)c1nc2ccccc2s1. The van der Waals surface area contributed by atoms with Gasteiger partial charge in [-0.15, -0.1) is 0 Å². The average Bonchev–Trinajstić information content (AvgIpc) is 3.32. The van der Waals surface area contributed by atoms with Gasteiger partial charge in [-0.1, -0.05) is 23.5 Å². The highest BCUT2D eigenvalue weighted by Gasteiger charge is 2.25. The quantitative estimate of drug-likeness (QED) is 0.750. The van der Waals surface area contributed by atoms with Crippen LogP contribution < -0.4 is 9.80 Å². The molecule has 0 unspecified atom stereocenters. The van der Waals surface area contributed by atoms with E-state index in [1.54, 1.807) is 17.0 Å². The molecule has 1 saturated heterocycles. The van der Waals surface area contributed by atoms with E-state index in [-0.39, 0.29) is 5.91 Å². The van der Waals surface area contributed by atoms with Gasteiger partial charge in [-0.05, 0) is 24.3 Å². The number of carbonyl (C=O) groups is 1. The van der Waals surface area contributed by atoms with E-state index in [9.17, 15) is 4.79 Å². The zero-order chi connectivity index (χ0) is 17.1. The number of thiazole rings is 1. The van der Waals surface area contributed by atoms with Crippen molar-refractivity contribution in [3.8, 4) is 0 Å². The van der Waals surface area contributed by atoms with Gasteiger partial charge >= 0.3 is 0 Å². The number of morpholine rings is 1. The Hall–Kier alpha value is -2.22. The maximum Gasteiger partial charge on any atom is 0.295 e. The Labute approximate surface area is 149 Å². The average molecular weight is 358 g/mol. The van der Waals surface area contributed by atoms with Crippen LogP contribution in [-0.4, -0.2) is 50.3 Å². The molecule has 0 radical (unpaired) electrons. The minimum absolute atomic E-state index is 0.142. The Bertz CT molecular complexity index is 807. The Morgan fingerprint density at radius 2 is 2.04 bits per heavy atom. The maximum absolute atomic E-state index is 12.9. The van der Waals surface area contributed by atoms with Crippen molar-refractivity contribution in [1.29, 1.82) is 0 Å². The molecule has 4 rings (SSSR count). The monoisotopic (exact) mass is 358 g/mol. The van der Waals surface area contributed by atoms with Gasteiger partial charge in [0.05, 0.1) is 42.8 Å². The van der Waals surface area contributed by atoms with E-state index < -0.39 is 0 Å². The summed E-state index contributed by atoms with van der Waals surface area (Å²) in [7, 11) is 0. The molecular weight excluding hydrogens is 338 g/mol. The van der Waals surface area contributed by atoms with Crippen LogP contribution in [0.4, 0.5) is 5.13 Å². The predicted molar refractivity (Wildman–Crippen MR) is 96.4 cm³/mol. The second-order valence-electron chi connectivity index (χ2n) is 6.01. The van der Waals surface area contributed by atoms with Gasteiger partial charge in [0.25, 0.3) is 5.91 Å². The third-order valence-electron chi connectivity index (χ3n) is 4.38. The lowest BCUT2D eigenvalue weighted by Crippen LogP contribution is -3.14. The number of furan rings is 1. The van der Waals surface area contributed by atoms with Crippen molar-refractivity contribution in [2.45, 2.75) is 0 Å². The number of nitrogens with zero attached hydrogens (tertiary/aromatic N) is 2. The Balaban J connectivity index is 1.59. The molecule has 0 spiro atoms. The predicted octanol–water partition coefficient (Wildman–Crippen LogP) is 1.45. The third-order valence-corrected chi connectivity index (χ3v) is 5.44. The third kappa shape index (κ3) is 3.58. The van der Waals surface area contributed by atoms with E-state index in [4.69, 9.17) is 9.15 Å². The summed E-state index contributed by atoms with van der Waals surface area (Å²) in [4.78, 5) is 20.8. The van der Waals surface area contributed by atoms with Crippen molar-refractivity contribution in [1.82, 2.24) is 4.98 Å². The number of benzene rings is 1. The minimum atomic E-state index is -0.142. The molecule has 1 aliphatic rings. The molecule has 1 N–H and O–H groups in total. The van der Waals surface area contributed by atoms with Gasteiger partial charge in [-0.2, -0.15) is 0 Å². The standard InChI is InChI=1S/C18H19N3O3S/c22-17(15-5-3-11-24-15)21(8-7-20-9-12-23-13-10-20)18-19-14-4-1-2-6-16(14)25-18/h1-6,11H,7-10,12-13H2/p+1. The summed E-state index contributed by atoms with van der Waals surface area (Å²) in [5.41, 5.74) is 0.915. The Kier molecular flexibility index (Phi) is 4.78. The van der Waals surface area contributed by atoms with E-state index in [1.807, 2.05) is 24.3 Å². The lowest BCUT2D eigenvalue weighted by Gasteiger charge is -2.26. The number of hydrogen-bond acceptors (Lipinski definition) is 5. The van der Waals surface area contributed by atoms with Crippen LogP contribution in [0.15, 0.2) is 47.1 Å². The normalized spacial score (nSPS) is 15.5. The Morgan fingerprint density at radius 3 is 2.80 bits per heavy atom. The molecule has 1 amide bonds. The minimum Gasteiger partial charge on any atom is -0.459 e. The molecule has 6 nitrogen and oxygen atoms in total. The van der Waals surface area contributed by atoms with Gasteiger partial charge in [0.2, 0.25) is 0 Å². The summed E-state index contributed by atoms with van der Waals surface area (Å²) in [6.45, 7) is 4.98. The van der Waals surface area contributed by atoms with Crippen LogP contribution >= 0.6 is 11.3 Å². The van der Waals surface area contributed by atoms with E-state index in [0.717, 1.165) is 48.2 Å². The van der Waals surface area contributed by atoms with Crippen molar-refractivity contribution < 1.29 is 18.8 Å². The molecule has 0 aliphatic carbocycles. The molecule has 3 aromatic rings. The van der Waals surface area contributed by atoms with Gasteiger partial charge in [0.1, 0.15) is 13.1 Å². The molecule has 1 aromatic carbocycles. The van der Waals surface area contributed by atoms with Crippen LogP contribution in [0.25, 0.3) is 10.2 Å². The summed E-state index contributed by atoms with van der Waals surface area (Å²) < 4.78 is 11.8. The van der Waals surface area contributed by atoms with Crippen LogP contribution in [0.3, 0.4) is 0 Å². The van der Waals surface area contributed by atoms with Crippen molar-refractivity contribution in [2.75, 3.05) is 44.3 Å². The van der Waals surface area contributed by atoms with Crippen LogP contribution in [0, 0.1) is 0 Å². The molecule has 1 fully saturated rings. The molecule has 25 heavy (non-hydrogen) atoms. The topological polar surface area (TPSA) is 60.0 Å². The molecule has 2 aromatic heterocycles. The lowest BCUT2D eigenvalue weighted by molar-refractivity contribution is -0.906. The summed E-state index contributed by atoms with van der Waals surface area (Å²) in [6.07, 6.45) is 1.52. The second-order valence-corrected chi connectivity index (χ2v) is 7.02. The lowest BCUT2D eigenvalue weighted by atomic mass is 10.3. The highest BCUT2D eigenvalue weighted by atomic mass is 32.1. The molecule has 0 saturated carbocycles. The van der Waals surface area contributed by atoms with Crippen molar-refractivity contribution in [3.63, 3.8) is 0 Å². The molecular formula is C18H20N3O3S+. The number of para-hydroxylation sites is 1. The summed E-state index contributed by atoms with van der Waals surface area (Å²) in [5, 5.41) is 0.718. The highest BCUT2D eigenvalue weighted by molar-refractivity contribution is 7.22.